The molecule has 0 bridgehead atoms. The summed E-state index contributed by atoms with van der Waals surface area (Å²) < 4.78 is 5.33. The number of thioether (sulfide) groups is 4. The van der Waals surface area contributed by atoms with Gasteiger partial charge in [-0.25, -0.2) is 4.78 Å². The lowest BCUT2D eigenvalue weighted by molar-refractivity contribution is -0.145. The maximum Gasteiger partial charge on any atom is 0.306 e. The van der Waals surface area contributed by atoms with Crippen molar-refractivity contribution in [2.24, 2.45) is 17.4 Å². The molecule has 2 rings (SSSR count). The van der Waals surface area contributed by atoms with Gasteiger partial charge < -0.3 is 41.4 Å². The van der Waals surface area contributed by atoms with Gasteiger partial charge in [0.15, 0.2) is 5.78 Å². The molecule has 1 amide bonds. The highest BCUT2D eigenvalue weighted by molar-refractivity contribution is 8.04. The van der Waals surface area contributed by atoms with Gasteiger partial charge in [0.25, 0.3) is 0 Å². The number of hydrogen-bond donors (Lipinski definition) is 6. The summed E-state index contributed by atoms with van der Waals surface area (Å²) >= 11 is 11.4. The van der Waals surface area contributed by atoms with Crippen molar-refractivity contribution < 1.29 is 58.2 Å². The quantitative estimate of drug-likeness (QED) is 0.0335. The van der Waals surface area contributed by atoms with Crippen molar-refractivity contribution in [3.8, 4) is 0 Å². The minimum Gasteiger partial charge on any atom is -0.481 e. The van der Waals surface area contributed by atoms with E-state index < -0.39 is 23.9 Å². The zero-order valence-electron chi connectivity index (χ0n) is 40.7. The highest BCUT2D eigenvalue weighted by Gasteiger charge is 2.32. The van der Waals surface area contributed by atoms with Crippen LogP contribution in [0, 0.1) is 10.7 Å². The van der Waals surface area contributed by atoms with E-state index in [9.17, 15) is 47.9 Å². The molecule has 0 aliphatic heterocycles. The molecule has 0 spiro atoms. The number of ketones is 7. The molecule has 0 saturated heterocycles. The third-order valence-electron chi connectivity index (χ3n) is 10.8. The monoisotopic (exact) mass is 1050 g/mol. The van der Waals surface area contributed by atoms with Gasteiger partial charge in [-0.05, 0) is 83.6 Å². The number of nitrogens with two attached hydrogens (primary N) is 2. The summed E-state index contributed by atoms with van der Waals surface area (Å²) in [5, 5.41) is 23.3. The fraction of sp³-hybridized carbons (Fsp3) is 0.787. The molecule has 0 radical (unpaired) electrons. The smallest absolute Gasteiger partial charge is 0.306 e. The summed E-state index contributed by atoms with van der Waals surface area (Å²) in [5.74, 6) is -0.288. The Hall–Kier alpha value is -2.56. The van der Waals surface area contributed by atoms with Crippen LogP contribution < -0.4 is 16.8 Å². The number of nitrogens with one attached hydrogen (secondary N) is 2. The number of carbonyl (C=O) groups is 10. The van der Waals surface area contributed by atoms with E-state index in [1.165, 1.54) is 65.0 Å². The van der Waals surface area contributed by atoms with Crippen molar-refractivity contribution >= 4 is 118 Å². The van der Waals surface area contributed by atoms with Crippen molar-refractivity contribution in [2.75, 3.05) is 36.1 Å². The molecule has 0 heterocycles. The van der Waals surface area contributed by atoms with Crippen LogP contribution in [0.3, 0.4) is 0 Å². The fourth-order valence-electron chi connectivity index (χ4n) is 6.44. The van der Waals surface area contributed by atoms with E-state index in [1.807, 2.05) is 35.3 Å². The number of hydrogen-bond acceptors (Lipinski definition) is 18. The molecule has 4 unspecified atom stereocenters. The lowest BCUT2D eigenvalue weighted by Gasteiger charge is -2.35. The van der Waals surface area contributed by atoms with E-state index in [1.54, 1.807) is 0 Å². The molecule has 0 aromatic carbocycles. The Kier molecular flexibility index (Phi) is 42.9. The lowest BCUT2D eigenvalue weighted by Crippen LogP contribution is -2.41. The van der Waals surface area contributed by atoms with Gasteiger partial charge in [0.1, 0.15) is 34.7 Å². The molecule has 8 N–H and O–H groups in total. The molecule has 2 saturated carbocycles. The first-order valence-electron chi connectivity index (χ1n) is 23.7. The average Bonchev–Trinajstić information content (AvgIpc) is 3.27. The van der Waals surface area contributed by atoms with E-state index in [2.05, 4.69) is 36.4 Å². The van der Waals surface area contributed by atoms with Gasteiger partial charge in [-0.15, -0.1) is 0 Å². The van der Waals surface area contributed by atoms with Gasteiger partial charge in [0, 0.05) is 135 Å². The summed E-state index contributed by atoms with van der Waals surface area (Å²) in [5.41, 5.74) is 10.9. The molecule has 390 valence electrons. The first-order chi connectivity index (χ1) is 32.3. The Balaban J connectivity index is 0. The SMILES string of the molecule is CC(=O)CCC(=O)CCC(=O)C[C@H](CCC(=O)O)C(=O)O.CCCCSC1CCC1SCCCC(=O)[C@@H](CCC(C)=O)NC(=O)CCC(=O)CCC(C)=O.N=S.NCCSC1CCC1SCCN. The second-order valence-corrected chi connectivity index (χ2v) is 22.2. The number of unbranched alkanes of at least 4 members (excludes halogenated alkanes) is 1. The van der Waals surface area contributed by atoms with Crippen molar-refractivity contribution in [2.45, 2.75) is 190 Å². The second-order valence-electron chi connectivity index (χ2n) is 16.8. The number of carbonyl (C=O) groups excluding carboxylic acids is 8. The summed E-state index contributed by atoms with van der Waals surface area (Å²) in [6.45, 7) is 8.12. The van der Waals surface area contributed by atoms with Gasteiger partial charge in [-0.2, -0.15) is 47.0 Å². The molecule has 0 aromatic heterocycles. The first-order valence-corrected chi connectivity index (χ1v) is 28.3. The van der Waals surface area contributed by atoms with Crippen LogP contribution >= 0.6 is 47.0 Å². The Morgan fingerprint density at radius 1 is 0.559 bits per heavy atom. The molecule has 68 heavy (non-hydrogen) atoms. The van der Waals surface area contributed by atoms with Crippen molar-refractivity contribution in [1.82, 2.24) is 5.32 Å². The van der Waals surface area contributed by atoms with Crippen LogP contribution in [0.2, 0.25) is 0 Å². The zero-order valence-corrected chi connectivity index (χ0v) is 44.8. The Morgan fingerprint density at radius 3 is 1.37 bits per heavy atom. The Morgan fingerprint density at radius 2 is 0.971 bits per heavy atom. The fourth-order valence-corrected chi connectivity index (χ4v) is 12.2. The number of carboxylic acid groups (broad SMARTS) is 2. The zero-order chi connectivity index (χ0) is 51.9. The molecule has 2 fully saturated rings. The third kappa shape index (κ3) is 37.3. The normalized spacial score (nSPS) is 17.6. The average molecular weight is 1050 g/mol. The summed E-state index contributed by atoms with van der Waals surface area (Å²) in [6.07, 6.45) is 9.32. The van der Waals surface area contributed by atoms with Crippen molar-refractivity contribution in [1.29, 1.82) is 4.78 Å². The second kappa shape index (κ2) is 43.2. The van der Waals surface area contributed by atoms with Crippen LogP contribution in [-0.4, -0.2) is 132 Å². The maximum atomic E-state index is 12.7. The van der Waals surface area contributed by atoms with Crippen LogP contribution in [0.15, 0.2) is 0 Å². The number of Topliss-reactive ketones (excluding diaryl/α,β-unsaturated/α-hetero) is 7. The Labute approximate surface area is 426 Å². The third-order valence-corrected chi connectivity index (χ3v) is 17.1. The lowest BCUT2D eigenvalue weighted by atomic mass is 9.94. The van der Waals surface area contributed by atoms with Gasteiger partial charge in [0.2, 0.25) is 5.91 Å². The number of rotatable bonds is 38. The van der Waals surface area contributed by atoms with Crippen LogP contribution in [-0.2, 0) is 60.4 Å². The molecule has 6 atom stereocenters. The van der Waals surface area contributed by atoms with Gasteiger partial charge in [0.05, 0.1) is 12.0 Å². The number of carboxylic acids is 2. The van der Waals surface area contributed by atoms with Crippen LogP contribution in [0.5, 0.6) is 0 Å². The maximum absolute atomic E-state index is 12.7. The summed E-state index contributed by atoms with van der Waals surface area (Å²) in [7, 11) is 0. The largest absolute Gasteiger partial charge is 0.481 e. The molecular weight excluding hydrogens is 973 g/mol. The van der Waals surface area contributed by atoms with Crippen molar-refractivity contribution in [3.63, 3.8) is 0 Å². The van der Waals surface area contributed by atoms with E-state index in [0.29, 0.717) is 18.1 Å². The predicted molar refractivity (Wildman–Crippen MR) is 279 cm³/mol. The Bertz CT molecular complexity index is 1540. The van der Waals surface area contributed by atoms with Crippen LogP contribution in [0.25, 0.3) is 0 Å². The molecule has 21 heteroatoms. The minimum atomic E-state index is -1.22. The van der Waals surface area contributed by atoms with E-state index >= 15 is 0 Å². The molecule has 2 aliphatic carbocycles. The molecule has 0 aromatic rings. The summed E-state index contributed by atoms with van der Waals surface area (Å²) in [4.78, 5) is 114. The number of aliphatic carboxylic acids is 2. The van der Waals surface area contributed by atoms with E-state index in [0.717, 1.165) is 52.5 Å². The molecule has 2 aliphatic rings. The number of amides is 1. The first kappa shape index (κ1) is 67.5. The highest BCUT2D eigenvalue weighted by atomic mass is 32.2. The van der Waals surface area contributed by atoms with Gasteiger partial charge in [-0.3, -0.25) is 33.6 Å². The molecule has 16 nitrogen and oxygen atoms in total. The van der Waals surface area contributed by atoms with Crippen LogP contribution in [0.4, 0.5) is 0 Å². The van der Waals surface area contributed by atoms with Gasteiger partial charge in [-0.1, -0.05) is 13.3 Å². The van der Waals surface area contributed by atoms with E-state index in [4.69, 9.17) is 26.5 Å². The van der Waals surface area contributed by atoms with Gasteiger partial charge >= 0.3 is 11.9 Å². The van der Waals surface area contributed by atoms with Crippen molar-refractivity contribution in [3.05, 3.63) is 0 Å². The minimum absolute atomic E-state index is 0.00475. The topological polar surface area (TPSA) is 299 Å². The van der Waals surface area contributed by atoms with E-state index in [-0.39, 0.29) is 123 Å². The predicted octanol–water partition coefficient (Wildman–Crippen LogP) is 7.13. The molecular formula is C47H80N4O12S5. The highest BCUT2D eigenvalue weighted by Crippen LogP contribution is 2.41. The standard InChI is InChI=1S/C25H41NO5S2.C14H20O7.C8H18N2S2.HNS/c1-4-5-16-32-23-13-14-24(23)33-17-6-7-22(30)21(12-9-19(3)28)26-25(31)15-11-20(29)10-8-18(2)27;1-9(15)2-4-11(16)5-6-12(17)8-10(14(20)21)3-7-13(18)19;9-3-5-11-7-1-2-8(7)12-6-4-10;1-2/h21,23-24H,4-17H2,1-3H3,(H,26,31);10H,2-8H2,1H3,(H,18,19)(H,20,21);7-8H,1-6,9-10H2;1H/t21-,23?,24?;10-;;/m10../s1. The summed E-state index contributed by atoms with van der Waals surface area (Å²) in [6, 6.07) is -0.681. The van der Waals surface area contributed by atoms with Crippen LogP contribution in [0.1, 0.15) is 163 Å².